The van der Waals surface area contributed by atoms with Gasteiger partial charge in [-0.25, -0.2) is 9.99 Å². The molecule has 1 saturated carbocycles. The van der Waals surface area contributed by atoms with E-state index in [-0.39, 0.29) is 23.2 Å². The lowest BCUT2D eigenvalue weighted by molar-refractivity contribution is -0.385. The van der Waals surface area contributed by atoms with Crippen LogP contribution in [0.5, 0.6) is 0 Å². The molecular formula is C36H27N5O5. The first-order valence-corrected chi connectivity index (χ1v) is 14.9. The zero-order chi connectivity index (χ0) is 31.8. The average molecular weight is 610 g/mol. The summed E-state index contributed by atoms with van der Waals surface area (Å²) in [5, 5.41) is 30.3. The van der Waals surface area contributed by atoms with Gasteiger partial charge in [0, 0.05) is 41.1 Å². The van der Waals surface area contributed by atoms with E-state index in [9.17, 15) is 25.0 Å². The highest BCUT2D eigenvalue weighted by atomic mass is 16.6. The van der Waals surface area contributed by atoms with E-state index in [0.717, 1.165) is 17.6 Å². The standard InChI is InChI=1S/C36H27N5O5/c42-36(31-22-33(24-10-2-1-3-11-24)37-32-18-5-4-16-29(31)32)39-35(26-13-7-15-28(21-26)41(45)46)30-17-8-12-25(34(30)38-39)19-23-9-6-14-27(20-23)40(43)44/h1-7,9-11,13-16,18-22,30,35H,8,12,17H2/b25-19-. The van der Waals surface area contributed by atoms with Gasteiger partial charge >= 0.3 is 0 Å². The number of non-ortho nitro benzene ring substituents is 2. The number of hydrogen-bond donors (Lipinski definition) is 0. The number of amides is 1. The van der Waals surface area contributed by atoms with Crippen LogP contribution in [0.2, 0.25) is 0 Å². The second kappa shape index (κ2) is 11.8. The summed E-state index contributed by atoms with van der Waals surface area (Å²) < 4.78 is 0. The topological polar surface area (TPSA) is 132 Å². The molecule has 2 unspecified atom stereocenters. The summed E-state index contributed by atoms with van der Waals surface area (Å²) in [4.78, 5) is 41.9. The van der Waals surface area contributed by atoms with Crippen molar-refractivity contribution in [2.75, 3.05) is 0 Å². The Morgan fingerprint density at radius 3 is 2.33 bits per heavy atom. The first kappa shape index (κ1) is 28.7. The summed E-state index contributed by atoms with van der Waals surface area (Å²) in [5.74, 6) is -0.574. The van der Waals surface area contributed by atoms with E-state index >= 15 is 0 Å². The number of hydrogen-bond acceptors (Lipinski definition) is 7. The van der Waals surface area contributed by atoms with Gasteiger partial charge in [-0.3, -0.25) is 25.0 Å². The number of carbonyl (C=O) groups excluding carboxylic acids is 1. The number of nitrogens with zero attached hydrogens (tertiary/aromatic N) is 5. The molecule has 10 nitrogen and oxygen atoms in total. The van der Waals surface area contributed by atoms with Crippen LogP contribution in [-0.2, 0) is 0 Å². The Morgan fingerprint density at radius 1 is 0.826 bits per heavy atom. The minimum Gasteiger partial charge on any atom is -0.267 e. The normalized spacial score (nSPS) is 18.3. The van der Waals surface area contributed by atoms with Crippen molar-refractivity contribution in [1.82, 2.24) is 9.99 Å². The second-order valence-electron chi connectivity index (χ2n) is 11.4. The van der Waals surface area contributed by atoms with Crippen LogP contribution in [0, 0.1) is 26.1 Å². The lowest BCUT2D eigenvalue weighted by Gasteiger charge is -2.29. The lowest BCUT2D eigenvalue weighted by atomic mass is 9.77. The van der Waals surface area contributed by atoms with E-state index in [4.69, 9.17) is 10.1 Å². The zero-order valence-electron chi connectivity index (χ0n) is 24.5. The number of fused-ring (bicyclic) bond motifs is 2. The SMILES string of the molecule is O=C(c1cc(-c2ccccc2)nc2ccccc12)N1N=C2/C(=C\c3cccc([N+](=O)[O-])c3)CCCC2C1c1cccc([N+](=O)[O-])c1. The van der Waals surface area contributed by atoms with Gasteiger partial charge in [-0.15, -0.1) is 0 Å². The quantitative estimate of drug-likeness (QED) is 0.141. The molecule has 2 heterocycles. The monoisotopic (exact) mass is 609 g/mol. The van der Waals surface area contributed by atoms with Gasteiger partial charge in [0.1, 0.15) is 0 Å². The predicted molar refractivity (Wildman–Crippen MR) is 175 cm³/mol. The van der Waals surface area contributed by atoms with Gasteiger partial charge < -0.3 is 0 Å². The summed E-state index contributed by atoms with van der Waals surface area (Å²) in [7, 11) is 0. The van der Waals surface area contributed by atoms with Crippen molar-refractivity contribution in [2.45, 2.75) is 25.3 Å². The third kappa shape index (κ3) is 5.30. The maximum absolute atomic E-state index is 14.7. The van der Waals surface area contributed by atoms with Crippen LogP contribution in [0.4, 0.5) is 11.4 Å². The maximum atomic E-state index is 14.7. The molecule has 5 aromatic rings. The zero-order valence-corrected chi connectivity index (χ0v) is 24.5. The highest BCUT2D eigenvalue weighted by Crippen LogP contribution is 2.46. The van der Waals surface area contributed by atoms with E-state index in [1.54, 1.807) is 30.3 Å². The van der Waals surface area contributed by atoms with Gasteiger partial charge in [-0.05, 0) is 54.2 Å². The Kier molecular flexibility index (Phi) is 7.38. The fourth-order valence-corrected chi connectivity index (χ4v) is 6.49. The molecule has 7 rings (SSSR count). The Morgan fingerprint density at radius 2 is 1.54 bits per heavy atom. The molecule has 10 heteroatoms. The number of rotatable bonds is 6. The molecule has 46 heavy (non-hydrogen) atoms. The van der Waals surface area contributed by atoms with Crippen molar-refractivity contribution in [3.8, 4) is 11.3 Å². The minimum absolute atomic E-state index is 0.0138. The van der Waals surface area contributed by atoms with E-state index in [0.29, 0.717) is 51.8 Å². The number of pyridine rings is 1. The van der Waals surface area contributed by atoms with Crippen LogP contribution in [0.15, 0.2) is 120 Å². The van der Waals surface area contributed by atoms with Crippen LogP contribution >= 0.6 is 0 Å². The Bertz CT molecular complexity index is 2090. The van der Waals surface area contributed by atoms with Crippen molar-refractivity contribution in [3.05, 3.63) is 152 Å². The van der Waals surface area contributed by atoms with Crippen molar-refractivity contribution >= 4 is 40.0 Å². The van der Waals surface area contributed by atoms with Crippen LogP contribution in [0.1, 0.15) is 46.8 Å². The fourth-order valence-electron chi connectivity index (χ4n) is 6.49. The van der Waals surface area contributed by atoms with E-state index in [1.807, 2.05) is 60.7 Å². The highest BCUT2D eigenvalue weighted by molar-refractivity contribution is 6.12. The Hall–Kier alpha value is -6.03. The van der Waals surface area contributed by atoms with Crippen LogP contribution in [0.25, 0.3) is 28.2 Å². The van der Waals surface area contributed by atoms with Crippen molar-refractivity contribution in [3.63, 3.8) is 0 Å². The maximum Gasteiger partial charge on any atom is 0.275 e. The minimum atomic E-state index is -0.594. The molecule has 2 aliphatic rings. The number of para-hydroxylation sites is 1. The predicted octanol–water partition coefficient (Wildman–Crippen LogP) is 8.16. The van der Waals surface area contributed by atoms with Crippen LogP contribution < -0.4 is 0 Å². The highest BCUT2D eigenvalue weighted by Gasteiger charge is 2.44. The molecule has 1 fully saturated rings. The summed E-state index contributed by atoms with van der Waals surface area (Å²) >= 11 is 0. The summed E-state index contributed by atoms with van der Waals surface area (Å²) in [6, 6.07) is 31.1. The molecule has 1 aliphatic heterocycles. The van der Waals surface area contributed by atoms with E-state index < -0.39 is 15.9 Å². The summed E-state index contributed by atoms with van der Waals surface area (Å²) in [6.07, 6.45) is 4.09. The molecule has 0 N–H and O–H groups in total. The molecule has 1 aliphatic carbocycles. The van der Waals surface area contributed by atoms with E-state index in [2.05, 4.69) is 0 Å². The number of nitro groups is 2. The van der Waals surface area contributed by atoms with Gasteiger partial charge in [0.15, 0.2) is 0 Å². The van der Waals surface area contributed by atoms with Gasteiger partial charge in [0.2, 0.25) is 0 Å². The molecule has 2 atom stereocenters. The van der Waals surface area contributed by atoms with Gasteiger partial charge in [0.25, 0.3) is 17.3 Å². The van der Waals surface area contributed by atoms with Crippen LogP contribution in [-0.4, -0.2) is 31.5 Å². The smallest absolute Gasteiger partial charge is 0.267 e. The third-order valence-electron chi connectivity index (χ3n) is 8.57. The average Bonchev–Trinajstić information content (AvgIpc) is 3.49. The summed E-state index contributed by atoms with van der Waals surface area (Å²) in [6.45, 7) is 0. The number of nitro benzene ring substituents is 2. The summed E-state index contributed by atoms with van der Waals surface area (Å²) in [5.41, 5.74) is 5.38. The largest absolute Gasteiger partial charge is 0.275 e. The first-order valence-electron chi connectivity index (χ1n) is 14.9. The number of allylic oxidation sites excluding steroid dienone is 1. The first-order chi connectivity index (χ1) is 22.4. The second-order valence-corrected chi connectivity index (χ2v) is 11.4. The van der Waals surface area contributed by atoms with Crippen molar-refractivity contribution in [2.24, 2.45) is 11.0 Å². The fraction of sp³-hybridized carbons (Fsp3) is 0.139. The van der Waals surface area contributed by atoms with Gasteiger partial charge in [-0.2, -0.15) is 5.10 Å². The number of benzene rings is 4. The van der Waals surface area contributed by atoms with E-state index in [1.165, 1.54) is 29.3 Å². The van der Waals surface area contributed by atoms with Gasteiger partial charge in [-0.1, -0.05) is 72.8 Å². The van der Waals surface area contributed by atoms with Gasteiger partial charge in [0.05, 0.1) is 38.4 Å². The molecule has 0 radical (unpaired) electrons. The molecule has 226 valence electrons. The molecule has 1 amide bonds. The molecule has 1 aromatic heterocycles. The molecule has 4 aromatic carbocycles. The Labute approximate surface area is 263 Å². The number of hydrazone groups is 1. The third-order valence-corrected chi connectivity index (χ3v) is 8.57. The molecule has 0 bridgehead atoms. The molecular weight excluding hydrogens is 582 g/mol. The molecule has 0 saturated heterocycles. The molecule has 0 spiro atoms. The lowest BCUT2D eigenvalue weighted by Crippen LogP contribution is -2.32. The number of carbonyl (C=O) groups is 1. The van der Waals surface area contributed by atoms with Crippen molar-refractivity contribution < 1.29 is 14.6 Å². The van der Waals surface area contributed by atoms with Crippen molar-refractivity contribution in [1.29, 1.82) is 0 Å². The Balaban J connectivity index is 1.38. The van der Waals surface area contributed by atoms with Crippen LogP contribution in [0.3, 0.4) is 0 Å². The number of aromatic nitrogens is 1.